The molecule has 2 aliphatic rings. The van der Waals surface area contributed by atoms with Gasteiger partial charge in [-0.25, -0.2) is 8.42 Å². The van der Waals surface area contributed by atoms with Crippen molar-refractivity contribution in [2.24, 2.45) is 0 Å². The maximum Gasteiger partial charge on any atom is 0.289 e. The molecule has 0 spiro atoms. The number of rotatable bonds is 2. The molecule has 7 heteroatoms. The molecule has 2 aliphatic heterocycles. The number of furan rings is 2. The van der Waals surface area contributed by atoms with Gasteiger partial charge in [0.2, 0.25) is 0 Å². The Morgan fingerprint density at radius 2 is 1.85 bits per heavy atom. The largest absolute Gasteiger partial charge is 0.464 e. The van der Waals surface area contributed by atoms with Gasteiger partial charge in [-0.15, -0.1) is 0 Å². The lowest BCUT2D eigenvalue weighted by Gasteiger charge is -2.16. The first-order chi connectivity index (χ1) is 12.6. The molecule has 3 aromatic rings. The SMILES string of the molecule is O=C(c1ccco1)N1C[C@@H]2c3cc(-c4ccco4)ccc3S(=O)(=O)[C@H]2C1. The van der Waals surface area contributed by atoms with Gasteiger partial charge in [-0.1, -0.05) is 0 Å². The Hall–Kier alpha value is -2.80. The summed E-state index contributed by atoms with van der Waals surface area (Å²) in [4.78, 5) is 14.5. The molecule has 132 valence electrons. The van der Waals surface area contributed by atoms with Gasteiger partial charge in [-0.2, -0.15) is 0 Å². The quantitative estimate of drug-likeness (QED) is 0.694. The van der Waals surface area contributed by atoms with E-state index in [9.17, 15) is 13.2 Å². The van der Waals surface area contributed by atoms with Gasteiger partial charge in [0.1, 0.15) is 5.76 Å². The zero-order chi connectivity index (χ0) is 17.9. The van der Waals surface area contributed by atoms with E-state index in [1.54, 1.807) is 41.5 Å². The highest BCUT2D eigenvalue weighted by Crippen LogP contribution is 2.46. The number of hydrogen-bond acceptors (Lipinski definition) is 5. The normalized spacial score (nSPS) is 23.0. The molecule has 6 nitrogen and oxygen atoms in total. The van der Waals surface area contributed by atoms with E-state index in [2.05, 4.69) is 0 Å². The van der Waals surface area contributed by atoms with Crippen LogP contribution in [0.5, 0.6) is 0 Å². The van der Waals surface area contributed by atoms with Gasteiger partial charge in [-0.3, -0.25) is 4.79 Å². The fourth-order valence-electron chi connectivity index (χ4n) is 3.97. The minimum atomic E-state index is -3.46. The minimum absolute atomic E-state index is 0.178. The van der Waals surface area contributed by atoms with Crippen molar-refractivity contribution in [2.45, 2.75) is 16.1 Å². The predicted octanol–water partition coefficient (Wildman–Crippen LogP) is 2.94. The highest BCUT2D eigenvalue weighted by atomic mass is 32.2. The van der Waals surface area contributed by atoms with Crippen LogP contribution in [0, 0.1) is 0 Å². The maximum atomic E-state index is 12.9. The molecular weight excluding hydrogens is 354 g/mol. The van der Waals surface area contributed by atoms with Crippen LogP contribution in [0.25, 0.3) is 11.3 Å². The van der Waals surface area contributed by atoms with Crippen LogP contribution in [0.15, 0.2) is 68.7 Å². The van der Waals surface area contributed by atoms with Crippen molar-refractivity contribution >= 4 is 15.7 Å². The Labute approximate surface area is 149 Å². The Kier molecular flexibility index (Phi) is 3.18. The number of carbonyl (C=O) groups excluding carboxylic acids is 1. The second-order valence-corrected chi connectivity index (χ2v) is 8.74. The number of benzene rings is 1. The van der Waals surface area contributed by atoms with E-state index in [1.807, 2.05) is 12.1 Å². The van der Waals surface area contributed by atoms with E-state index in [4.69, 9.17) is 8.83 Å². The lowest BCUT2D eigenvalue weighted by Crippen LogP contribution is -2.31. The van der Waals surface area contributed by atoms with Crippen LogP contribution < -0.4 is 0 Å². The molecule has 1 amide bonds. The smallest absolute Gasteiger partial charge is 0.289 e. The molecule has 1 aromatic carbocycles. The molecule has 0 bridgehead atoms. The van der Waals surface area contributed by atoms with Gasteiger partial charge in [0.15, 0.2) is 15.6 Å². The van der Waals surface area contributed by atoms with E-state index in [-0.39, 0.29) is 24.1 Å². The molecule has 2 aromatic heterocycles. The van der Waals surface area contributed by atoms with Crippen LogP contribution in [0.1, 0.15) is 22.0 Å². The van der Waals surface area contributed by atoms with Crippen molar-refractivity contribution in [3.63, 3.8) is 0 Å². The molecule has 0 N–H and O–H groups in total. The molecule has 1 fully saturated rings. The van der Waals surface area contributed by atoms with E-state index in [0.29, 0.717) is 17.2 Å². The highest BCUT2D eigenvalue weighted by molar-refractivity contribution is 7.92. The molecule has 2 atom stereocenters. The van der Waals surface area contributed by atoms with Crippen LogP contribution in [0.4, 0.5) is 0 Å². The number of fused-ring (bicyclic) bond motifs is 3. The summed E-state index contributed by atoms with van der Waals surface area (Å²) in [6, 6.07) is 12.2. The zero-order valence-corrected chi connectivity index (χ0v) is 14.5. The average molecular weight is 369 g/mol. The van der Waals surface area contributed by atoms with Gasteiger partial charge in [0.05, 0.1) is 22.7 Å². The third kappa shape index (κ3) is 2.10. The van der Waals surface area contributed by atoms with Crippen LogP contribution in [0.3, 0.4) is 0 Å². The number of amides is 1. The number of carbonyl (C=O) groups is 1. The van der Waals surface area contributed by atoms with Crippen molar-refractivity contribution in [3.05, 3.63) is 66.3 Å². The number of hydrogen-bond donors (Lipinski definition) is 0. The molecule has 0 radical (unpaired) electrons. The van der Waals surface area contributed by atoms with E-state index >= 15 is 0 Å². The lowest BCUT2D eigenvalue weighted by atomic mass is 9.96. The highest BCUT2D eigenvalue weighted by Gasteiger charge is 2.51. The molecular formula is C19H15NO5S. The summed E-state index contributed by atoms with van der Waals surface area (Å²) in [5, 5.41) is -0.608. The molecule has 4 heterocycles. The van der Waals surface area contributed by atoms with Crippen LogP contribution in [-0.2, 0) is 9.84 Å². The van der Waals surface area contributed by atoms with E-state index in [1.165, 1.54) is 6.26 Å². The Morgan fingerprint density at radius 3 is 2.58 bits per heavy atom. The second-order valence-electron chi connectivity index (χ2n) is 6.61. The summed E-state index contributed by atoms with van der Waals surface area (Å²) in [5.74, 6) is 0.411. The molecule has 26 heavy (non-hydrogen) atoms. The maximum absolute atomic E-state index is 12.9. The Balaban J connectivity index is 1.54. The van der Waals surface area contributed by atoms with Gasteiger partial charge in [0.25, 0.3) is 5.91 Å². The van der Waals surface area contributed by atoms with Crippen molar-refractivity contribution in [3.8, 4) is 11.3 Å². The van der Waals surface area contributed by atoms with Crippen LogP contribution >= 0.6 is 0 Å². The number of nitrogens with zero attached hydrogens (tertiary/aromatic N) is 1. The van der Waals surface area contributed by atoms with E-state index < -0.39 is 15.1 Å². The van der Waals surface area contributed by atoms with Gasteiger partial charge in [-0.05, 0) is 48.0 Å². The molecule has 5 rings (SSSR count). The molecule has 0 aliphatic carbocycles. The first-order valence-electron chi connectivity index (χ1n) is 8.30. The first-order valence-corrected chi connectivity index (χ1v) is 9.85. The number of likely N-dealkylation sites (tertiary alicyclic amines) is 1. The third-order valence-electron chi connectivity index (χ3n) is 5.21. The predicted molar refractivity (Wildman–Crippen MR) is 92.5 cm³/mol. The molecule has 0 saturated carbocycles. The fourth-order valence-corrected chi connectivity index (χ4v) is 6.13. The Morgan fingerprint density at radius 1 is 1.04 bits per heavy atom. The number of sulfone groups is 1. The standard InChI is InChI=1S/C19H15NO5S/c21-19(16-4-2-8-25-16)20-10-14-13-9-12(15-3-1-7-24-15)5-6-17(13)26(22,23)18(14)11-20/h1-9,14,18H,10-11H2/t14-,18+/m1/s1. The topological polar surface area (TPSA) is 80.7 Å². The molecule has 1 saturated heterocycles. The summed E-state index contributed by atoms with van der Waals surface area (Å²) in [6.45, 7) is 0.537. The van der Waals surface area contributed by atoms with Gasteiger partial charge >= 0.3 is 0 Å². The summed E-state index contributed by atoms with van der Waals surface area (Å²) < 4.78 is 36.5. The minimum Gasteiger partial charge on any atom is -0.464 e. The Bertz CT molecular complexity index is 1080. The summed E-state index contributed by atoms with van der Waals surface area (Å²) in [5.41, 5.74) is 1.60. The molecule has 0 unspecified atom stereocenters. The van der Waals surface area contributed by atoms with Crippen LogP contribution in [0.2, 0.25) is 0 Å². The lowest BCUT2D eigenvalue weighted by molar-refractivity contribution is 0.0759. The van der Waals surface area contributed by atoms with Gasteiger partial charge < -0.3 is 13.7 Å². The monoisotopic (exact) mass is 369 g/mol. The summed E-state index contributed by atoms with van der Waals surface area (Å²) in [6.07, 6.45) is 3.02. The second kappa shape index (κ2) is 5.35. The van der Waals surface area contributed by atoms with E-state index in [0.717, 1.165) is 11.1 Å². The zero-order valence-electron chi connectivity index (χ0n) is 13.7. The van der Waals surface area contributed by atoms with Crippen LogP contribution in [-0.4, -0.2) is 37.6 Å². The van der Waals surface area contributed by atoms with Crippen molar-refractivity contribution in [1.29, 1.82) is 0 Å². The first kappa shape index (κ1) is 15.5. The fraction of sp³-hybridized carbons (Fsp3) is 0.211. The summed E-state index contributed by atoms with van der Waals surface area (Å²) >= 11 is 0. The third-order valence-corrected chi connectivity index (χ3v) is 7.46. The van der Waals surface area contributed by atoms with Crippen molar-refractivity contribution in [2.75, 3.05) is 13.1 Å². The van der Waals surface area contributed by atoms with Gasteiger partial charge in [0, 0.05) is 24.6 Å². The van der Waals surface area contributed by atoms with Crippen molar-refractivity contribution in [1.82, 2.24) is 4.90 Å². The summed E-state index contributed by atoms with van der Waals surface area (Å²) in [7, 11) is -3.46. The average Bonchev–Trinajstić information content (AvgIpc) is 3.43. The van der Waals surface area contributed by atoms with Crippen molar-refractivity contribution < 1.29 is 22.0 Å².